The minimum absolute atomic E-state index is 0.0990. The van der Waals surface area contributed by atoms with Gasteiger partial charge in [0.05, 0.1) is 12.2 Å². The molecule has 2 fully saturated rings. The summed E-state index contributed by atoms with van der Waals surface area (Å²) in [7, 11) is 0. The standard InChI is InChI=1S/C10H18O2/c11-8-4-3-5-9(12)10(8)6-1-2-7-10/h8-9,11-12H,1-7H2. The van der Waals surface area contributed by atoms with E-state index in [1.165, 1.54) is 12.8 Å². The molecular formula is C10H18O2. The Bertz CT molecular complexity index is 149. The Morgan fingerprint density at radius 3 is 1.83 bits per heavy atom. The highest BCUT2D eigenvalue weighted by Crippen LogP contribution is 2.48. The Hall–Kier alpha value is -0.0800. The van der Waals surface area contributed by atoms with Gasteiger partial charge < -0.3 is 10.2 Å². The molecule has 2 N–H and O–H groups in total. The SMILES string of the molecule is OC1CCCC(O)C12CCCC2. The van der Waals surface area contributed by atoms with Gasteiger partial charge in [0.25, 0.3) is 0 Å². The van der Waals surface area contributed by atoms with Crippen molar-refractivity contribution < 1.29 is 10.2 Å². The predicted molar refractivity (Wildman–Crippen MR) is 46.8 cm³/mol. The lowest BCUT2D eigenvalue weighted by Crippen LogP contribution is -2.46. The second-order valence-electron chi connectivity index (χ2n) is 4.40. The summed E-state index contributed by atoms with van der Waals surface area (Å²) in [5.74, 6) is 0. The maximum Gasteiger partial charge on any atom is 0.0621 e. The Morgan fingerprint density at radius 2 is 1.33 bits per heavy atom. The van der Waals surface area contributed by atoms with Crippen LogP contribution in [0.15, 0.2) is 0 Å². The highest BCUT2D eigenvalue weighted by Gasteiger charge is 2.47. The summed E-state index contributed by atoms with van der Waals surface area (Å²) in [6.45, 7) is 0. The Morgan fingerprint density at radius 1 is 0.833 bits per heavy atom. The molecule has 2 nitrogen and oxygen atoms in total. The number of aliphatic hydroxyl groups excluding tert-OH is 2. The summed E-state index contributed by atoms with van der Waals surface area (Å²) >= 11 is 0. The molecule has 2 aliphatic carbocycles. The molecule has 0 heterocycles. The summed E-state index contributed by atoms with van der Waals surface area (Å²) in [6.07, 6.45) is 6.78. The third-order valence-corrected chi connectivity index (χ3v) is 3.82. The molecule has 1 spiro atoms. The van der Waals surface area contributed by atoms with E-state index in [4.69, 9.17) is 0 Å². The van der Waals surface area contributed by atoms with Crippen LogP contribution in [0.4, 0.5) is 0 Å². The van der Waals surface area contributed by atoms with E-state index < -0.39 is 0 Å². The first-order chi connectivity index (χ1) is 5.76. The van der Waals surface area contributed by atoms with Gasteiger partial charge in [0.2, 0.25) is 0 Å². The lowest BCUT2D eigenvalue weighted by molar-refractivity contribution is -0.0964. The van der Waals surface area contributed by atoms with Crippen molar-refractivity contribution in [1.82, 2.24) is 0 Å². The van der Waals surface area contributed by atoms with Crippen LogP contribution in [0.1, 0.15) is 44.9 Å². The molecule has 12 heavy (non-hydrogen) atoms. The number of hydrogen-bond donors (Lipinski definition) is 2. The highest BCUT2D eigenvalue weighted by molar-refractivity contribution is 4.98. The number of aliphatic hydroxyl groups is 2. The van der Waals surface area contributed by atoms with Gasteiger partial charge in [-0.15, -0.1) is 0 Å². The topological polar surface area (TPSA) is 40.5 Å². The van der Waals surface area contributed by atoms with E-state index in [1.807, 2.05) is 0 Å². The fourth-order valence-corrected chi connectivity index (χ4v) is 3.00. The molecule has 0 saturated heterocycles. The van der Waals surface area contributed by atoms with Crippen molar-refractivity contribution in [2.24, 2.45) is 5.41 Å². The zero-order chi connectivity index (χ0) is 8.60. The predicted octanol–water partition coefficient (Wildman–Crippen LogP) is 1.45. The molecular weight excluding hydrogens is 152 g/mol. The summed E-state index contributed by atoms with van der Waals surface area (Å²) in [5, 5.41) is 19.7. The fourth-order valence-electron chi connectivity index (χ4n) is 3.00. The third kappa shape index (κ3) is 1.09. The summed E-state index contributed by atoms with van der Waals surface area (Å²) in [5.41, 5.74) is -0.0990. The van der Waals surface area contributed by atoms with Crippen LogP contribution in [-0.2, 0) is 0 Å². The second-order valence-corrected chi connectivity index (χ2v) is 4.40. The zero-order valence-electron chi connectivity index (χ0n) is 7.50. The van der Waals surface area contributed by atoms with Crippen LogP contribution in [-0.4, -0.2) is 22.4 Å². The molecule has 2 saturated carbocycles. The first-order valence-corrected chi connectivity index (χ1v) is 5.12. The van der Waals surface area contributed by atoms with E-state index in [1.54, 1.807) is 0 Å². The van der Waals surface area contributed by atoms with Crippen LogP contribution in [0.3, 0.4) is 0 Å². The van der Waals surface area contributed by atoms with E-state index in [0.717, 1.165) is 32.1 Å². The maximum atomic E-state index is 9.87. The van der Waals surface area contributed by atoms with Crippen molar-refractivity contribution in [1.29, 1.82) is 0 Å². The van der Waals surface area contributed by atoms with Crippen LogP contribution in [0, 0.1) is 5.41 Å². The molecule has 0 aliphatic heterocycles. The first-order valence-electron chi connectivity index (χ1n) is 5.12. The monoisotopic (exact) mass is 170 g/mol. The smallest absolute Gasteiger partial charge is 0.0621 e. The van der Waals surface area contributed by atoms with Crippen molar-refractivity contribution in [2.75, 3.05) is 0 Å². The van der Waals surface area contributed by atoms with Gasteiger partial charge in [0.1, 0.15) is 0 Å². The first kappa shape index (κ1) is 8.52. The van der Waals surface area contributed by atoms with Gasteiger partial charge in [-0.3, -0.25) is 0 Å². The van der Waals surface area contributed by atoms with E-state index in [9.17, 15) is 10.2 Å². The lowest BCUT2D eigenvalue weighted by Gasteiger charge is -2.42. The van der Waals surface area contributed by atoms with E-state index in [-0.39, 0.29) is 17.6 Å². The van der Waals surface area contributed by atoms with Crippen LogP contribution < -0.4 is 0 Å². The Kier molecular flexibility index (Phi) is 2.13. The molecule has 0 amide bonds. The molecule has 0 aromatic carbocycles. The van der Waals surface area contributed by atoms with E-state index in [0.29, 0.717) is 0 Å². The van der Waals surface area contributed by atoms with Gasteiger partial charge in [-0.2, -0.15) is 0 Å². The van der Waals surface area contributed by atoms with Gasteiger partial charge in [-0.25, -0.2) is 0 Å². The Balaban J connectivity index is 2.16. The molecule has 0 aromatic heterocycles. The van der Waals surface area contributed by atoms with Crippen LogP contribution in [0.2, 0.25) is 0 Å². The summed E-state index contributed by atoms with van der Waals surface area (Å²) < 4.78 is 0. The van der Waals surface area contributed by atoms with Crippen molar-refractivity contribution >= 4 is 0 Å². The molecule has 2 aliphatic rings. The van der Waals surface area contributed by atoms with Crippen molar-refractivity contribution in [2.45, 2.75) is 57.2 Å². The third-order valence-electron chi connectivity index (χ3n) is 3.82. The molecule has 2 heteroatoms. The molecule has 0 radical (unpaired) electrons. The van der Waals surface area contributed by atoms with Crippen LogP contribution >= 0.6 is 0 Å². The minimum atomic E-state index is -0.233. The van der Waals surface area contributed by atoms with Gasteiger partial charge in [0, 0.05) is 5.41 Å². The molecule has 2 unspecified atom stereocenters. The number of rotatable bonds is 0. The molecule has 2 rings (SSSR count). The molecule has 2 atom stereocenters. The minimum Gasteiger partial charge on any atom is -0.392 e. The van der Waals surface area contributed by atoms with Crippen molar-refractivity contribution in [3.8, 4) is 0 Å². The zero-order valence-corrected chi connectivity index (χ0v) is 7.50. The van der Waals surface area contributed by atoms with Crippen LogP contribution in [0.25, 0.3) is 0 Å². The summed E-state index contributed by atoms with van der Waals surface area (Å²) in [4.78, 5) is 0. The lowest BCUT2D eigenvalue weighted by atomic mass is 9.68. The second kappa shape index (κ2) is 3.00. The van der Waals surface area contributed by atoms with Gasteiger partial charge in [-0.05, 0) is 32.1 Å². The van der Waals surface area contributed by atoms with E-state index in [2.05, 4.69) is 0 Å². The quantitative estimate of drug-likeness (QED) is 0.577. The van der Waals surface area contributed by atoms with Crippen molar-refractivity contribution in [3.05, 3.63) is 0 Å². The average molecular weight is 170 g/mol. The largest absolute Gasteiger partial charge is 0.392 e. The number of hydrogen-bond acceptors (Lipinski definition) is 2. The van der Waals surface area contributed by atoms with Crippen molar-refractivity contribution in [3.63, 3.8) is 0 Å². The fraction of sp³-hybridized carbons (Fsp3) is 1.00. The maximum absolute atomic E-state index is 9.87. The molecule has 0 bridgehead atoms. The molecule has 0 aromatic rings. The molecule has 70 valence electrons. The highest BCUT2D eigenvalue weighted by atomic mass is 16.3. The average Bonchev–Trinajstić information content (AvgIpc) is 2.50. The van der Waals surface area contributed by atoms with Gasteiger partial charge >= 0.3 is 0 Å². The summed E-state index contributed by atoms with van der Waals surface area (Å²) in [6, 6.07) is 0. The normalized spacial score (nSPS) is 40.5. The Labute approximate surface area is 73.6 Å². The van der Waals surface area contributed by atoms with E-state index >= 15 is 0 Å². The van der Waals surface area contributed by atoms with Crippen LogP contribution in [0.5, 0.6) is 0 Å². The van der Waals surface area contributed by atoms with Gasteiger partial charge in [0.15, 0.2) is 0 Å². The van der Waals surface area contributed by atoms with Gasteiger partial charge in [-0.1, -0.05) is 12.8 Å².